The smallest absolute Gasteiger partial charge is 0.148 e. The fourth-order valence-corrected chi connectivity index (χ4v) is 2.98. The topological polar surface area (TPSA) is 65.5 Å². The SMILES string of the molecule is CCc1nc(-c2ccc(OC)cc2OC)c(CC)nc1NC(CC)COC. The number of rotatable bonds is 10. The molecule has 0 aliphatic carbocycles. The van der Waals surface area contributed by atoms with Crippen molar-refractivity contribution in [1.82, 2.24) is 9.97 Å². The monoisotopic (exact) mass is 373 g/mol. The van der Waals surface area contributed by atoms with E-state index in [1.165, 1.54) is 0 Å². The average Bonchev–Trinajstić information content (AvgIpc) is 2.72. The molecule has 0 aliphatic heterocycles. The van der Waals surface area contributed by atoms with Crippen molar-refractivity contribution in [2.45, 2.75) is 46.1 Å². The lowest BCUT2D eigenvalue weighted by Crippen LogP contribution is -2.26. The van der Waals surface area contributed by atoms with Gasteiger partial charge in [0.2, 0.25) is 0 Å². The van der Waals surface area contributed by atoms with Crippen LogP contribution in [0.2, 0.25) is 0 Å². The van der Waals surface area contributed by atoms with E-state index in [1.807, 2.05) is 18.2 Å². The zero-order chi connectivity index (χ0) is 19.8. The summed E-state index contributed by atoms with van der Waals surface area (Å²) in [4.78, 5) is 9.87. The first-order valence-corrected chi connectivity index (χ1v) is 9.49. The van der Waals surface area contributed by atoms with Crippen molar-refractivity contribution >= 4 is 5.82 Å². The van der Waals surface area contributed by atoms with Gasteiger partial charge in [-0.05, 0) is 31.4 Å². The maximum Gasteiger partial charge on any atom is 0.148 e. The fourth-order valence-electron chi connectivity index (χ4n) is 2.98. The van der Waals surface area contributed by atoms with Crippen molar-refractivity contribution in [2.24, 2.45) is 0 Å². The lowest BCUT2D eigenvalue weighted by Gasteiger charge is -2.20. The molecule has 0 spiro atoms. The molecule has 1 aromatic heterocycles. The molecule has 2 rings (SSSR count). The van der Waals surface area contributed by atoms with Crippen molar-refractivity contribution < 1.29 is 14.2 Å². The Morgan fingerprint density at radius 2 is 1.70 bits per heavy atom. The maximum absolute atomic E-state index is 5.58. The number of ether oxygens (including phenoxy) is 3. The van der Waals surface area contributed by atoms with E-state index in [4.69, 9.17) is 24.2 Å². The van der Waals surface area contributed by atoms with Gasteiger partial charge in [0.1, 0.15) is 17.3 Å². The van der Waals surface area contributed by atoms with Crippen LogP contribution in [0, 0.1) is 0 Å². The van der Waals surface area contributed by atoms with E-state index in [0.717, 1.165) is 59.2 Å². The third-order valence-corrected chi connectivity index (χ3v) is 4.58. The molecular weight excluding hydrogens is 342 g/mol. The predicted molar refractivity (Wildman–Crippen MR) is 109 cm³/mol. The van der Waals surface area contributed by atoms with Crippen LogP contribution in [-0.2, 0) is 17.6 Å². The van der Waals surface area contributed by atoms with Crippen LogP contribution in [-0.4, -0.2) is 43.9 Å². The van der Waals surface area contributed by atoms with Crippen molar-refractivity contribution in [3.05, 3.63) is 29.6 Å². The summed E-state index contributed by atoms with van der Waals surface area (Å²) in [5.74, 6) is 2.32. The molecule has 0 bridgehead atoms. The van der Waals surface area contributed by atoms with Crippen LogP contribution >= 0.6 is 0 Å². The van der Waals surface area contributed by atoms with Gasteiger partial charge in [-0.1, -0.05) is 20.8 Å². The minimum Gasteiger partial charge on any atom is -0.497 e. The van der Waals surface area contributed by atoms with E-state index < -0.39 is 0 Å². The van der Waals surface area contributed by atoms with E-state index in [-0.39, 0.29) is 6.04 Å². The minimum absolute atomic E-state index is 0.209. The van der Waals surface area contributed by atoms with Gasteiger partial charge in [0.15, 0.2) is 0 Å². The van der Waals surface area contributed by atoms with Crippen molar-refractivity contribution in [3.63, 3.8) is 0 Å². The molecule has 148 valence electrons. The molecule has 1 aromatic carbocycles. The van der Waals surface area contributed by atoms with Gasteiger partial charge >= 0.3 is 0 Å². The highest BCUT2D eigenvalue weighted by atomic mass is 16.5. The summed E-state index contributed by atoms with van der Waals surface area (Å²) >= 11 is 0. The van der Waals surface area contributed by atoms with Crippen LogP contribution in [0.4, 0.5) is 5.82 Å². The standard InChI is InChI=1S/C21H31N3O3/c1-7-14(13-25-4)22-21-18(9-3)23-20(17(8-2)24-21)16-11-10-15(26-5)12-19(16)27-6/h10-12,14H,7-9,13H2,1-6H3,(H,22,24). The molecule has 0 amide bonds. The molecule has 27 heavy (non-hydrogen) atoms. The van der Waals surface area contributed by atoms with Gasteiger partial charge in [-0.3, -0.25) is 0 Å². The first-order chi connectivity index (χ1) is 13.1. The summed E-state index contributed by atoms with van der Waals surface area (Å²) in [7, 11) is 5.02. The number of nitrogens with zero attached hydrogens (tertiary/aromatic N) is 2. The summed E-state index contributed by atoms with van der Waals surface area (Å²) in [6, 6.07) is 5.98. The van der Waals surface area contributed by atoms with Gasteiger partial charge in [-0.15, -0.1) is 0 Å². The van der Waals surface area contributed by atoms with E-state index in [2.05, 4.69) is 26.1 Å². The molecule has 1 N–H and O–H groups in total. The Morgan fingerprint density at radius 3 is 2.26 bits per heavy atom. The van der Waals surface area contributed by atoms with Crippen LogP contribution in [0.25, 0.3) is 11.3 Å². The van der Waals surface area contributed by atoms with Crippen molar-refractivity contribution in [3.8, 4) is 22.8 Å². The first kappa shape index (κ1) is 21.0. The number of aromatic nitrogens is 2. The number of aryl methyl sites for hydroxylation is 2. The highest BCUT2D eigenvalue weighted by molar-refractivity contribution is 5.71. The Kier molecular flexibility index (Phi) is 7.85. The second-order valence-corrected chi connectivity index (χ2v) is 6.29. The van der Waals surface area contributed by atoms with E-state index in [9.17, 15) is 0 Å². The molecule has 6 nitrogen and oxygen atoms in total. The Hall–Kier alpha value is -2.34. The molecule has 6 heteroatoms. The molecule has 1 heterocycles. The predicted octanol–water partition coefficient (Wildman–Crippen LogP) is 4.12. The lowest BCUT2D eigenvalue weighted by molar-refractivity contribution is 0.184. The Labute approximate surface area is 162 Å². The summed E-state index contributed by atoms with van der Waals surface area (Å²) in [6.45, 7) is 6.95. The molecule has 2 aromatic rings. The average molecular weight is 373 g/mol. The number of benzene rings is 1. The van der Waals surface area contributed by atoms with E-state index in [0.29, 0.717) is 6.61 Å². The number of methoxy groups -OCH3 is 3. The fraction of sp³-hybridized carbons (Fsp3) is 0.524. The minimum atomic E-state index is 0.209. The van der Waals surface area contributed by atoms with E-state index in [1.54, 1.807) is 21.3 Å². The number of anilines is 1. The Bertz CT molecular complexity index is 750. The van der Waals surface area contributed by atoms with Gasteiger partial charge in [0.05, 0.1) is 44.0 Å². The third-order valence-electron chi connectivity index (χ3n) is 4.58. The molecule has 0 aliphatic rings. The van der Waals surface area contributed by atoms with E-state index >= 15 is 0 Å². The van der Waals surface area contributed by atoms with Gasteiger partial charge in [0.25, 0.3) is 0 Å². The largest absolute Gasteiger partial charge is 0.497 e. The normalized spacial score (nSPS) is 11.9. The summed E-state index contributed by atoms with van der Waals surface area (Å²) < 4.78 is 16.2. The van der Waals surface area contributed by atoms with Crippen molar-refractivity contribution in [2.75, 3.05) is 33.3 Å². The summed E-state index contributed by atoms with van der Waals surface area (Å²) in [6.07, 6.45) is 2.51. The van der Waals surface area contributed by atoms with Crippen LogP contribution in [0.1, 0.15) is 38.6 Å². The van der Waals surface area contributed by atoms with Gasteiger partial charge in [-0.25, -0.2) is 9.97 Å². The first-order valence-electron chi connectivity index (χ1n) is 9.49. The molecule has 0 saturated heterocycles. The Balaban J connectivity index is 2.52. The molecule has 1 atom stereocenters. The third kappa shape index (κ3) is 4.89. The molecule has 1 unspecified atom stereocenters. The summed E-state index contributed by atoms with van der Waals surface area (Å²) in [5.41, 5.74) is 3.66. The molecule has 0 saturated carbocycles. The van der Waals surface area contributed by atoms with Crippen LogP contribution < -0.4 is 14.8 Å². The van der Waals surface area contributed by atoms with Crippen molar-refractivity contribution in [1.29, 1.82) is 0 Å². The summed E-state index contributed by atoms with van der Waals surface area (Å²) in [5, 5.41) is 3.50. The Morgan fingerprint density at radius 1 is 0.963 bits per heavy atom. The maximum atomic E-state index is 5.58. The van der Waals surface area contributed by atoms with Crippen LogP contribution in [0.3, 0.4) is 0 Å². The number of hydrogen-bond donors (Lipinski definition) is 1. The number of nitrogens with one attached hydrogen (secondary N) is 1. The molecule has 0 radical (unpaired) electrons. The zero-order valence-electron chi connectivity index (χ0n) is 17.3. The van der Waals surface area contributed by atoms with Gasteiger partial charge < -0.3 is 19.5 Å². The van der Waals surface area contributed by atoms with Crippen LogP contribution in [0.5, 0.6) is 11.5 Å². The van der Waals surface area contributed by atoms with Crippen LogP contribution in [0.15, 0.2) is 18.2 Å². The lowest BCUT2D eigenvalue weighted by atomic mass is 10.1. The quantitative estimate of drug-likeness (QED) is 0.676. The second-order valence-electron chi connectivity index (χ2n) is 6.29. The highest BCUT2D eigenvalue weighted by Gasteiger charge is 2.18. The zero-order valence-corrected chi connectivity index (χ0v) is 17.3. The molecule has 0 fully saturated rings. The second kappa shape index (κ2) is 10.1. The van der Waals surface area contributed by atoms with Gasteiger partial charge in [-0.2, -0.15) is 0 Å². The molecular formula is C21H31N3O3. The highest BCUT2D eigenvalue weighted by Crippen LogP contribution is 2.35. The van der Waals surface area contributed by atoms with Gasteiger partial charge in [0, 0.05) is 18.7 Å². The number of hydrogen-bond acceptors (Lipinski definition) is 6.